The standard InChI is InChI=1S/C23H22N4O5/c28-23-26(24-13-20-11-12-22(31-20)27(29)30)17-21(32-23)16-25(14-18-7-3-1-4-8-18)15-19-9-5-2-6-10-19/h1-13,21H,14-17H2/b24-13-/t21-/m0/s1. The Kier molecular flexibility index (Phi) is 6.57. The van der Waals surface area contributed by atoms with Gasteiger partial charge in [0.1, 0.15) is 11.0 Å². The first-order chi connectivity index (χ1) is 15.6. The predicted molar refractivity (Wildman–Crippen MR) is 117 cm³/mol. The highest BCUT2D eigenvalue weighted by Crippen LogP contribution is 2.18. The van der Waals surface area contributed by atoms with Gasteiger partial charge >= 0.3 is 12.0 Å². The van der Waals surface area contributed by atoms with Gasteiger partial charge in [0.2, 0.25) is 0 Å². The number of benzene rings is 2. The third kappa shape index (κ3) is 5.58. The number of hydrazone groups is 1. The van der Waals surface area contributed by atoms with E-state index >= 15 is 0 Å². The highest BCUT2D eigenvalue weighted by molar-refractivity contribution is 5.78. The van der Waals surface area contributed by atoms with Crippen molar-refractivity contribution in [3.8, 4) is 0 Å². The van der Waals surface area contributed by atoms with Crippen molar-refractivity contribution in [2.24, 2.45) is 5.10 Å². The second kappa shape index (κ2) is 9.88. The Balaban J connectivity index is 1.40. The largest absolute Gasteiger partial charge is 0.441 e. The number of carbonyl (C=O) groups is 1. The van der Waals surface area contributed by atoms with Crippen molar-refractivity contribution < 1.29 is 18.9 Å². The highest BCUT2D eigenvalue weighted by Gasteiger charge is 2.32. The van der Waals surface area contributed by atoms with Crippen molar-refractivity contribution in [3.05, 3.63) is 99.8 Å². The molecule has 4 rings (SSSR count). The van der Waals surface area contributed by atoms with Gasteiger partial charge in [-0.2, -0.15) is 10.1 Å². The van der Waals surface area contributed by atoms with Gasteiger partial charge in [0, 0.05) is 19.6 Å². The number of amides is 1. The Morgan fingerprint density at radius 2 is 1.66 bits per heavy atom. The first-order valence-electron chi connectivity index (χ1n) is 10.1. The molecule has 164 valence electrons. The Labute approximate surface area is 184 Å². The minimum absolute atomic E-state index is 0.183. The van der Waals surface area contributed by atoms with E-state index in [0.29, 0.717) is 19.6 Å². The zero-order valence-corrected chi connectivity index (χ0v) is 17.2. The van der Waals surface area contributed by atoms with E-state index in [2.05, 4.69) is 34.3 Å². The Hall–Kier alpha value is -3.98. The molecule has 32 heavy (non-hydrogen) atoms. The number of furan rings is 1. The third-order valence-electron chi connectivity index (χ3n) is 4.93. The molecule has 9 nitrogen and oxygen atoms in total. The second-order valence-electron chi connectivity index (χ2n) is 7.41. The van der Waals surface area contributed by atoms with Gasteiger partial charge < -0.3 is 9.15 Å². The van der Waals surface area contributed by atoms with E-state index in [9.17, 15) is 14.9 Å². The number of nitro groups is 1. The Bertz CT molecular complexity index is 1040. The van der Waals surface area contributed by atoms with E-state index in [-0.39, 0.29) is 24.3 Å². The van der Waals surface area contributed by atoms with Gasteiger partial charge in [0.05, 0.1) is 18.8 Å². The molecule has 1 aliphatic rings. The maximum Gasteiger partial charge on any atom is 0.433 e. The molecule has 1 saturated heterocycles. The van der Waals surface area contributed by atoms with Gasteiger partial charge in [-0.15, -0.1) is 0 Å². The fourth-order valence-corrected chi connectivity index (χ4v) is 3.49. The minimum Gasteiger partial charge on any atom is -0.441 e. The van der Waals surface area contributed by atoms with E-state index in [1.807, 2.05) is 36.4 Å². The number of hydrogen-bond donors (Lipinski definition) is 0. The molecule has 3 aromatic rings. The van der Waals surface area contributed by atoms with Crippen LogP contribution in [0.15, 0.2) is 82.3 Å². The van der Waals surface area contributed by atoms with Gasteiger partial charge in [0.25, 0.3) is 0 Å². The molecule has 1 aliphatic heterocycles. The predicted octanol–water partition coefficient (Wildman–Crippen LogP) is 4.04. The van der Waals surface area contributed by atoms with Crippen molar-refractivity contribution in [3.63, 3.8) is 0 Å². The van der Waals surface area contributed by atoms with Crippen molar-refractivity contribution in [1.82, 2.24) is 9.91 Å². The summed E-state index contributed by atoms with van der Waals surface area (Å²) in [6.07, 6.45) is 0.340. The smallest absolute Gasteiger partial charge is 0.433 e. The first kappa shape index (κ1) is 21.3. The molecule has 1 fully saturated rings. The van der Waals surface area contributed by atoms with Crippen LogP contribution in [0.1, 0.15) is 16.9 Å². The number of ether oxygens (including phenoxy) is 1. The summed E-state index contributed by atoms with van der Waals surface area (Å²) >= 11 is 0. The number of rotatable bonds is 9. The van der Waals surface area contributed by atoms with E-state index in [4.69, 9.17) is 9.15 Å². The Morgan fingerprint density at radius 1 is 1.03 bits per heavy atom. The fraction of sp³-hybridized carbons (Fsp3) is 0.217. The second-order valence-corrected chi connectivity index (χ2v) is 7.41. The van der Waals surface area contributed by atoms with Crippen LogP contribution in [0.4, 0.5) is 10.7 Å². The fourth-order valence-electron chi connectivity index (χ4n) is 3.49. The van der Waals surface area contributed by atoms with Gasteiger partial charge in [-0.05, 0) is 17.2 Å². The zero-order chi connectivity index (χ0) is 22.3. The summed E-state index contributed by atoms with van der Waals surface area (Å²) in [6, 6.07) is 22.9. The van der Waals surface area contributed by atoms with Crippen molar-refractivity contribution in [2.75, 3.05) is 13.1 Å². The molecule has 0 bridgehead atoms. The average molecular weight is 434 g/mol. The van der Waals surface area contributed by atoms with E-state index < -0.39 is 11.0 Å². The lowest BCUT2D eigenvalue weighted by Crippen LogP contribution is -2.33. The maximum atomic E-state index is 12.3. The molecule has 0 aliphatic carbocycles. The van der Waals surface area contributed by atoms with E-state index in [0.717, 1.165) is 0 Å². The molecule has 1 atom stereocenters. The van der Waals surface area contributed by atoms with E-state index in [1.54, 1.807) is 0 Å². The summed E-state index contributed by atoms with van der Waals surface area (Å²) in [5.41, 5.74) is 2.34. The minimum atomic E-state index is -0.633. The molecule has 9 heteroatoms. The van der Waals surface area contributed by atoms with E-state index in [1.165, 1.54) is 34.5 Å². The molecule has 1 amide bonds. The zero-order valence-electron chi connectivity index (χ0n) is 17.2. The quantitative estimate of drug-likeness (QED) is 0.286. The summed E-state index contributed by atoms with van der Waals surface area (Å²) in [6.45, 7) is 2.23. The molecular weight excluding hydrogens is 412 g/mol. The number of carbonyl (C=O) groups excluding carboxylic acids is 1. The van der Waals surface area contributed by atoms with Gasteiger partial charge in [-0.25, -0.2) is 4.79 Å². The molecule has 2 aromatic carbocycles. The SMILES string of the molecule is O=C1O[C@@H](CN(Cc2ccccc2)Cc2ccccc2)CN1/N=C\c1ccc([N+](=O)[O-])o1. The van der Waals surface area contributed by atoms with Crippen LogP contribution >= 0.6 is 0 Å². The topological polar surface area (TPSA) is 101 Å². The monoisotopic (exact) mass is 434 g/mol. The summed E-state index contributed by atoms with van der Waals surface area (Å²) in [7, 11) is 0. The number of hydrogen-bond acceptors (Lipinski definition) is 7. The van der Waals surface area contributed by atoms with Gasteiger partial charge in [-0.3, -0.25) is 15.0 Å². The van der Waals surface area contributed by atoms with Crippen LogP contribution in [0, 0.1) is 10.1 Å². The van der Waals surface area contributed by atoms with Crippen molar-refractivity contribution in [2.45, 2.75) is 19.2 Å². The van der Waals surface area contributed by atoms with Crippen LogP contribution in [-0.4, -0.2) is 46.3 Å². The van der Waals surface area contributed by atoms with Crippen molar-refractivity contribution >= 4 is 18.2 Å². The van der Waals surface area contributed by atoms with Gasteiger partial charge in [-0.1, -0.05) is 60.7 Å². The molecule has 0 N–H and O–H groups in total. The number of nitrogens with zero attached hydrogens (tertiary/aromatic N) is 4. The summed E-state index contributed by atoms with van der Waals surface area (Å²) in [5.74, 6) is -0.200. The molecule has 1 aromatic heterocycles. The molecule has 0 spiro atoms. The molecule has 0 saturated carbocycles. The van der Waals surface area contributed by atoms with Crippen LogP contribution in [0.2, 0.25) is 0 Å². The van der Waals surface area contributed by atoms with Crippen LogP contribution in [0.3, 0.4) is 0 Å². The summed E-state index contributed by atoms with van der Waals surface area (Å²) < 4.78 is 10.5. The van der Waals surface area contributed by atoms with Crippen LogP contribution in [-0.2, 0) is 17.8 Å². The first-order valence-corrected chi connectivity index (χ1v) is 10.1. The maximum absolute atomic E-state index is 12.3. The third-order valence-corrected chi connectivity index (χ3v) is 4.93. The molecule has 0 unspecified atom stereocenters. The van der Waals surface area contributed by atoms with Crippen LogP contribution in [0.25, 0.3) is 0 Å². The van der Waals surface area contributed by atoms with Crippen molar-refractivity contribution in [1.29, 1.82) is 0 Å². The molecule has 0 radical (unpaired) electrons. The van der Waals surface area contributed by atoms with Crippen LogP contribution < -0.4 is 0 Å². The molecular formula is C23H22N4O5. The summed E-state index contributed by atoms with van der Waals surface area (Å²) in [4.78, 5) is 24.6. The number of cyclic esters (lactones) is 1. The van der Waals surface area contributed by atoms with Crippen LogP contribution in [0.5, 0.6) is 0 Å². The lowest BCUT2D eigenvalue weighted by atomic mass is 10.1. The lowest BCUT2D eigenvalue weighted by molar-refractivity contribution is -0.402. The lowest BCUT2D eigenvalue weighted by Gasteiger charge is -2.24. The average Bonchev–Trinajstić information content (AvgIpc) is 3.40. The summed E-state index contributed by atoms with van der Waals surface area (Å²) in [5, 5.41) is 16.0. The van der Waals surface area contributed by atoms with Gasteiger partial charge in [0.15, 0.2) is 5.76 Å². The Morgan fingerprint density at radius 3 is 2.22 bits per heavy atom. The normalized spacial score (nSPS) is 16.1. The molecule has 2 heterocycles. The highest BCUT2D eigenvalue weighted by atomic mass is 16.6.